The molecule has 0 radical (unpaired) electrons. The molecule has 0 bridgehead atoms. The molecule has 88 valence electrons. The predicted molar refractivity (Wildman–Crippen MR) is 69.8 cm³/mol. The van der Waals surface area contributed by atoms with Crippen LogP contribution in [-0.2, 0) is 0 Å². The summed E-state index contributed by atoms with van der Waals surface area (Å²) in [6, 6.07) is 0. The molecular weight excluding hydrogens is 235 g/mol. The third-order valence-electron chi connectivity index (χ3n) is 2.98. The van der Waals surface area contributed by atoms with Crippen molar-refractivity contribution in [2.24, 2.45) is 0 Å². The third kappa shape index (κ3) is 2.05. The van der Waals surface area contributed by atoms with E-state index in [1.54, 1.807) is 17.5 Å². The minimum absolute atomic E-state index is 0.924. The van der Waals surface area contributed by atoms with Crippen LogP contribution >= 0.6 is 11.3 Å². The van der Waals surface area contributed by atoms with E-state index in [2.05, 4.69) is 38.1 Å². The van der Waals surface area contributed by atoms with Crippen LogP contribution in [0.15, 0.2) is 11.6 Å². The second kappa shape index (κ2) is 4.46. The fraction of sp³-hybridized carbons (Fsp3) is 0.444. The molecule has 0 aromatic carbocycles. The summed E-state index contributed by atoms with van der Waals surface area (Å²) in [5, 5.41) is 14.0. The molecule has 1 fully saturated rings. The van der Waals surface area contributed by atoms with Gasteiger partial charge in [-0.15, -0.1) is 16.4 Å². The number of nitrogens with one attached hydrogen (secondary N) is 1. The van der Waals surface area contributed by atoms with Gasteiger partial charge in [0.2, 0.25) is 0 Å². The Balaban J connectivity index is 1.86. The number of hydrogen-bond donors (Lipinski definition) is 1. The van der Waals surface area contributed by atoms with Crippen molar-refractivity contribution in [2.75, 3.05) is 31.1 Å². The lowest BCUT2D eigenvalue weighted by Crippen LogP contribution is -2.45. The summed E-state index contributed by atoms with van der Waals surface area (Å²) < 4.78 is 0. The fourth-order valence-electron chi connectivity index (χ4n) is 1.95. The van der Waals surface area contributed by atoms with E-state index in [9.17, 15) is 0 Å². The van der Waals surface area contributed by atoms with Crippen LogP contribution < -0.4 is 4.90 Å². The van der Waals surface area contributed by atoms with Crippen molar-refractivity contribution < 1.29 is 0 Å². The Labute approximate surface area is 104 Å². The molecule has 0 spiro atoms. The van der Waals surface area contributed by atoms with Crippen molar-refractivity contribution in [2.45, 2.75) is 0 Å². The highest BCUT2D eigenvalue weighted by molar-refractivity contribution is 7.13. The molecule has 0 unspecified atom stereocenters. The Bertz CT molecular complexity index is 475. The van der Waals surface area contributed by atoms with Crippen molar-refractivity contribution in [3.8, 4) is 10.7 Å². The monoisotopic (exact) mass is 248 g/mol. The quantitative estimate of drug-likeness (QED) is 0.733. The first-order valence-electron chi connectivity index (χ1n) is 5.59. The molecule has 3 rings (SSSR count). The molecule has 3 heterocycles. The minimum Gasteiger partial charge on any atom is -0.351 e. The number of nitrogens with zero attached hydrogens (tertiary/aromatic N) is 5. The summed E-state index contributed by atoms with van der Waals surface area (Å²) in [4.78, 5) is 8.88. The molecule has 0 amide bonds. The van der Waals surface area contributed by atoms with E-state index in [0.29, 0.717) is 0 Å². The number of hydrogen-bond acceptors (Lipinski definition) is 6. The van der Waals surface area contributed by atoms with Gasteiger partial charge in [0.05, 0.1) is 0 Å². The number of anilines is 1. The minimum atomic E-state index is 0.924. The van der Waals surface area contributed by atoms with E-state index >= 15 is 0 Å². The van der Waals surface area contributed by atoms with E-state index < -0.39 is 0 Å². The Morgan fingerprint density at radius 1 is 1.29 bits per heavy atom. The van der Waals surface area contributed by atoms with E-state index in [-0.39, 0.29) is 0 Å². The van der Waals surface area contributed by atoms with Gasteiger partial charge in [0, 0.05) is 37.8 Å². The highest BCUT2D eigenvalue weighted by Gasteiger charge is 2.21. The van der Waals surface area contributed by atoms with Crippen molar-refractivity contribution in [1.82, 2.24) is 25.2 Å². The summed E-state index contributed by atoms with van der Waals surface area (Å²) in [6.07, 6.45) is 1.80. The third-order valence-corrected chi connectivity index (χ3v) is 3.77. The smallest absolute Gasteiger partial charge is 0.185 e. The molecule has 1 aliphatic rings. The molecule has 1 saturated heterocycles. The van der Waals surface area contributed by atoms with Gasteiger partial charge in [-0.2, -0.15) is 0 Å². The van der Waals surface area contributed by atoms with Gasteiger partial charge in [-0.05, 0) is 0 Å². The maximum Gasteiger partial charge on any atom is 0.185 e. The van der Waals surface area contributed by atoms with Gasteiger partial charge in [-0.25, -0.2) is 4.98 Å². The Morgan fingerprint density at radius 3 is 2.82 bits per heavy atom. The topological polar surface area (TPSA) is 60.9 Å². The second-order valence-electron chi connectivity index (χ2n) is 4.14. The van der Waals surface area contributed by atoms with Gasteiger partial charge >= 0.3 is 0 Å². The van der Waals surface area contributed by atoms with Crippen molar-refractivity contribution >= 4 is 25.1 Å². The standard InChI is InChI=1S/C9H13BN6S/c10-16-4-2-15(3-5-16)8-7(12-14-13-8)9-11-1-6-17-9/h1,6H,2-5,10H2,(H,12,13,14). The zero-order valence-corrected chi connectivity index (χ0v) is 10.4. The van der Waals surface area contributed by atoms with Gasteiger partial charge < -0.3 is 9.71 Å². The number of piperazine rings is 1. The van der Waals surface area contributed by atoms with Crippen LogP contribution in [0.5, 0.6) is 0 Å². The summed E-state index contributed by atoms with van der Waals surface area (Å²) in [5.41, 5.74) is 0.935. The number of thiazole rings is 1. The zero-order chi connectivity index (χ0) is 11.7. The molecule has 1 N–H and O–H groups in total. The normalized spacial score (nSPS) is 17.5. The number of rotatable bonds is 2. The van der Waals surface area contributed by atoms with Gasteiger partial charge in [0.25, 0.3) is 0 Å². The van der Waals surface area contributed by atoms with Crippen molar-refractivity contribution in [3.63, 3.8) is 0 Å². The predicted octanol–water partition coefficient (Wildman–Crippen LogP) is -0.402. The van der Waals surface area contributed by atoms with Gasteiger partial charge in [0.15, 0.2) is 13.8 Å². The molecule has 17 heavy (non-hydrogen) atoms. The van der Waals surface area contributed by atoms with E-state index in [0.717, 1.165) is 42.7 Å². The molecule has 0 saturated carbocycles. The number of aromatic nitrogens is 4. The number of H-pyrrole nitrogens is 1. The molecular formula is C9H13BN6S. The first kappa shape index (κ1) is 10.7. The Hall–Kier alpha value is -1.41. The van der Waals surface area contributed by atoms with E-state index in [1.165, 1.54) is 0 Å². The summed E-state index contributed by atoms with van der Waals surface area (Å²) >= 11 is 1.60. The average Bonchev–Trinajstić information content (AvgIpc) is 3.00. The fourth-order valence-corrected chi connectivity index (χ4v) is 2.58. The Morgan fingerprint density at radius 2 is 2.12 bits per heavy atom. The lowest BCUT2D eigenvalue weighted by molar-refractivity contribution is 0.413. The molecule has 0 aliphatic carbocycles. The Kier molecular flexibility index (Phi) is 2.81. The van der Waals surface area contributed by atoms with Gasteiger partial charge in [-0.3, -0.25) is 5.10 Å². The first-order valence-corrected chi connectivity index (χ1v) is 6.47. The molecule has 8 heteroatoms. The molecule has 0 atom stereocenters. The van der Waals surface area contributed by atoms with Crippen LogP contribution in [0, 0.1) is 0 Å². The summed E-state index contributed by atoms with van der Waals surface area (Å²) in [5.74, 6) is 0.924. The summed E-state index contributed by atoms with van der Waals surface area (Å²) in [6.45, 7) is 4.09. The SMILES string of the molecule is BN1CCN(c2nn[nH]c2-c2nccs2)CC1. The molecule has 6 nitrogen and oxygen atoms in total. The molecule has 2 aromatic rings. The van der Waals surface area contributed by atoms with Gasteiger partial charge in [-0.1, -0.05) is 5.21 Å². The van der Waals surface area contributed by atoms with Crippen molar-refractivity contribution in [3.05, 3.63) is 11.6 Å². The summed E-state index contributed by atoms with van der Waals surface area (Å²) in [7, 11) is 2.14. The first-order chi connectivity index (χ1) is 8.34. The molecule has 2 aromatic heterocycles. The van der Waals surface area contributed by atoms with Gasteiger partial charge in [0.1, 0.15) is 10.7 Å². The van der Waals surface area contributed by atoms with Crippen LogP contribution in [-0.4, -0.2) is 59.4 Å². The van der Waals surface area contributed by atoms with E-state index in [1.807, 2.05) is 5.38 Å². The number of aromatic amines is 1. The van der Waals surface area contributed by atoms with Crippen LogP contribution in [0.3, 0.4) is 0 Å². The van der Waals surface area contributed by atoms with Crippen molar-refractivity contribution in [1.29, 1.82) is 0 Å². The van der Waals surface area contributed by atoms with Crippen LogP contribution in [0.2, 0.25) is 0 Å². The maximum absolute atomic E-state index is 4.30. The largest absolute Gasteiger partial charge is 0.351 e. The highest BCUT2D eigenvalue weighted by Crippen LogP contribution is 2.28. The van der Waals surface area contributed by atoms with E-state index in [4.69, 9.17) is 0 Å². The lowest BCUT2D eigenvalue weighted by atomic mass is 10.2. The van der Waals surface area contributed by atoms with Crippen LogP contribution in [0.25, 0.3) is 10.7 Å². The lowest BCUT2D eigenvalue weighted by Gasteiger charge is -2.32. The second-order valence-corrected chi connectivity index (χ2v) is 5.03. The van der Waals surface area contributed by atoms with Crippen LogP contribution in [0.1, 0.15) is 0 Å². The maximum atomic E-state index is 4.30. The average molecular weight is 248 g/mol. The highest BCUT2D eigenvalue weighted by atomic mass is 32.1. The molecule has 1 aliphatic heterocycles. The van der Waals surface area contributed by atoms with Crippen LogP contribution in [0.4, 0.5) is 5.82 Å². The zero-order valence-electron chi connectivity index (χ0n) is 9.63.